The van der Waals surface area contributed by atoms with Crippen molar-refractivity contribution in [3.8, 4) is 0 Å². The molecule has 80 valence electrons. The molecule has 0 atom stereocenters. The second-order valence-electron chi connectivity index (χ2n) is 4.54. The van der Waals surface area contributed by atoms with Gasteiger partial charge in [-0.25, -0.2) is 0 Å². The van der Waals surface area contributed by atoms with Crippen molar-refractivity contribution in [1.29, 1.82) is 0 Å². The maximum atomic E-state index is 2.41. The van der Waals surface area contributed by atoms with Crippen molar-refractivity contribution in [2.24, 2.45) is 11.3 Å². The number of hydrogen-bond acceptors (Lipinski definition) is 0. The van der Waals surface area contributed by atoms with Crippen molar-refractivity contribution in [3.63, 3.8) is 0 Å². The summed E-state index contributed by atoms with van der Waals surface area (Å²) in [7, 11) is 0. The van der Waals surface area contributed by atoms with Crippen molar-refractivity contribution in [1.82, 2.24) is 0 Å². The summed E-state index contributed by atoms with van der Waals surface area (Å²) in [6, 6.07) is 0. The highest BCUT2D eigenvalue weighted by Gasteiger charge is 2.38. The SMILES string of the molecule is C.CC.CC1CCC2(CCC2)CC1. The van der Waals surface area contributed by atoms with Crippen LogP contribution in [-0.4, -0.2) is 0 Å². The van der Waals surface area contributed by atoms with Gasteiger partial charge in [-0.2, -0.15) is 0 Å². The van der Waals surface area contributed by atoms with E-state index in [2.05, 4.69) is 6.92 Å². The van der Waals surface area contributed by atoms with Crippen LogP contribution in [0.2, 0.25) is 0 Å². The molecule has 0 heterocycles. The average molecular weight is 184 g/mol. The summed E-state index contributed by atoms with van der Waals surface area (Å²) in [6.45, 7) is 6.41. The first kappa shape index (κ1) is 13.0. The molecule has 0 unspecified atom stereocenters. The van der Waals surface area contributed by atoms with Gasteiger partial charge in [0.05, 0.1) is 0 Å². The van der Waals surface area contributed by atoms with Crippen LogP contribution in [0.15, 0.2) is 0 Å². The van der Waals surface area contributed by atoms with Gasteiger partial charge in [-0.3, -0.25) is 0 Å². The van der Waals surface area contributed by atoms with Gasteiger partial charge in [0, 0.05) is 0 Å². The highest BCUT2D eigenvalue weighted by atomic mass is 14.4. The molecule has 0 aliphatic heterocycles. The van der Waals surface area contributed by atoms with E-state index in [0.29, 0.717) is 0 Å². The van der Waals surface area contributed by atoms with E-state index in [0.717, 1.165) is 11.3 Å². The molecule has 0 radical (unpaired) electrons. The van der Waals surface area contributed by atoms with Crippen LogP contribution in [-0.2, 0) is 0 Å². The average Bonchev–Trinajstić information content (AvgIpc) is 2.07. The van der Waals surface area contributed by atoms with E-state index < -0.39 is 0 Å². The molecule has 2 aliphatic rings. The minimum atomic E-state index is 0. The Balaban J connectivity index is 0.000000451. The van der Waals surface area contributed by atoms with Crippen molar-refractivity contribution in [2.45, 2.75) is 73.1 Å². The molecular weight excluding hydrogens is 156 g/mol. The second kappa shape index (κ2) is 5.67. The first-order chi connectivity index (χ1) is 5.81. The van der Waals surface area contributed by atoms with E-state index in [1.54, 1.807) is 25.7 Å². The Morgan fingerprint density at radius 3 is 1.69 bits per heavy atom. The smallest absolute Gasteiger partial charge is 0.0297 e. The molecule has 0 bridgehead atoms. The molecule has 2 saturated carbocycles. The summed E-state index contributed by atoms with van der Waals surface area (Å²) in [5.41, 5.74) is 0.881. The van der Waals surface area contributed by atoms with Crippen LogP contribution >= 0.6 is 0 Å². The van der Waals surface area contributed by atoms with Gasteiger partial charge in [-0.1, -0.05) is 47.5 Å². The lowest BCUT2D eigenvalue weighted by Crippen LogP contribution is -2.33. The highest BCUT2D eigenvalue weighted by Crippen LogP contribution is 2.52. The van der Waals surface area contributed by atoms with E-state index in [9.17, 15) is 0 Å². The molecule has 0 N–H and O–H groups in total. The van der Waals surface area contributed by atoms with E-state index in [1.165, 1.54) is 19.3 Å². The van der Waals surface area contributed by atoms with Crippen LogP contribution in [0.25, 0.3) is 0 Å². The first-order valence-corrected chi connectivity index (χ1v) is 5.81. The van der Waals surface area contributed by atoms with Gasteiger partial charge in [0.2, 0.25) is 0 Å². The first-order valence-electron chi connectivity index (χ1n) is 5.81. The van der Waals surface area contributed by atoms with Crippen molar-refractivity contribution in [3.05, 3.63) is 0 Å². The highest BCUT2D eigenvalue weighted by molar-refractivity contribution is 4.90. The van der Waals surface area contributed by atoms with Crippen molar-refractivity contribution >= 4 is 0 Å². The molecule has 0 nitrogen and oxygen atoms in total. The Morgan fingerprint density at radius 1 is 0.923 bits per heavy atom. The normalized spacial score (nSPS) is 25.2. The molecule has 1 spiro atoms. The van der Waals surface area contributed by atoms with Gasteiger partial charge in [0.25, 0.3) is 0 Å². The van der Waals surface area contributed by atoms with E-state index in [-0.39, 0.29) is 7.43 Å². The molecule has 13 heavy (non-hydrogen) atoms. The fourth-order valence-electron chi connectivity index (χ4n) is 2.55. The maximum Gasteiger partial charge on any atom is -0.0297 e. The molecule has 0 amide bonds. The Labute approximate surface area is 85.1 Å². The van der Waals surface area contributed by atoms with Crippen LogP contribution < -0.4 is 0 Å². The Hall–Kier alpha value is 0. The summed E-state index contributed by atoms with van der Waals surface area (Å²) in [4.78, 5) is 0. The lowest BCUT2D eigenvalue weighted by atomic mass is 9.59. The molecule has 0 saturated heterocycles. The third-order valence-corrected chi connectivity index (χ3v) is 3.75. The Bertz CT molecular complexity index is 112. The van der Waals surface area contributed by atoms with Gasteiger partial charge < -0.3 is 0 Å². The molecule has 2 aliphatic carbocycles. The van der Waals surface area contributed by atoms with Crippen LogP contribution in [0, 0.1) is 11.3 Å². The standard InChI is InChI=1S/C10H18.C2H6.CH4/c1-9-3-7-10(8-4-9)5-2-6-10;1-2;/h9H,2-8H2,1H3;1-2H3;1H4. The Kier molecular flexibility index (Phi) is 5.67. The third-order valence-electron chi connectivity index (χ3n) is 3.75. The van der Waals surface area contributed by atoms with Crippen LogP contribution in [0.1, 0.15) is 73.1 Å². The zero-order valence-electron chi connectivity index (χ0n) is 9.03. The monoisotopic (exact) mass is 184 g/mol. The van der Waals surface area contributed by atoms with Gasteiger partial charge >= 0.3 is 0 Å². The summed E-state index contributed by atoms with van der Waals surface area (Å²) in [6.07, 6.45) is 10.8. The quantitative estimate of drug-likeness (QED) is 0.495. The lowest BCUT2D eigenvalue weighted by Gasteiger charge is -2.46. The Morgan fingerprint density at radius 2 is 1.38 bits per heavy atom. The molecule has 0 heteroatoms. The van der Waals surface area contributed by atoms with Gasteiger partial charge in [-0.05, 0) is 37.0 Å². The van der Waals surface area contributed by atoms with Crippen molar-refractivity contribution < 1.29 is 0 Å². The molecule has 2 fully saturated rings. The van der Waals surface area contributed by atoms with E-state index >= 15 is 0 Å². The zero-order valence-corrected chi connectivity index (χ0v) is 9.03. The maximum absolute atomic E-state index is 2.41. The minimum Gasteiger partial charge on any atom is -0.0776 e. The fourth-order valence-corrected chi connectivity index (χ4v) is 2.55. The summed E-state index contributed by atoms with van der Waals surface area (Å²) >= 11 is 0. The predicted octanol–water partition coefficient (Wildman–Crippen LogP) is 5.03. The van der Waals surface area contributed by atoms with Crippen LogP contribution in [0.4, 0.5) is 0 Å². The van der Waals surface area contributed by atoms with Gasteiger partial charge in [0.1, 0.15) is 0 Å². The largest absolute Gasteiger partial charge is 0.0776 e. The topological polar surface area (TPSA) is 0 Å². The zero-order chi connectivity index (χ0) is 9.03. The fraction of sp³-hybridized carbons (Fsp3) is 1.00. The predicted molar refractivity (Wildman–Crippen MR) is 62.0 cm³/mol. The molecule has 0 aromatic rings. The third kappa shape index (κ3) is 3.00. The van der Waals surface area contributed by atoms with Crippen LogP contribution in [0.5, 0.6) is 0 Å². The van der Waals surface area contributed by atoms with Gasteiger partial charge in [-0.15, -0.1) is 0 Å². The molecular formula is C13H28. The number of rotatable bonds is 0. The van der Waals surface area contributed by atoms with E-state index in [1.807, 2.05) is 13.8 Å². The summed E-state index contributed by atoms with van der Waals surface area (Å²) < 4.78 is 0. The minimum absolute atomic E-state index is 0. The summed E-state index contributed by atoms with van der Waals surface area (Å²) in [5, 5.41) is 0. The van der Waals surface area contributed by atoms with Gasteiger partial charge in [0.15, 0.2) is 0 Å². The van der Waals surface area contributed by atoms with E-state index in [4.69, 9.17) is 0 Å². The van der Waals surface area contributed by atoms with Crippen molar-refractivity contribution in [2.75, 3.05) is 0 Å². The molecule has 2 rings (SSSR count). The lowest BCUT2D eigenvalue weighted by molar-refractivity contribution is 0.0592. The second-order valence-corrected chi connectivity index (χ2v) is 4.54. The summed E-state index contributed by atoms with van der Waals surface area (Å²) in [5.74, 6) is 1.03. The molecule has 0 aromatic heterocycles. The van der Waals surface area contributed by atoms with Crippen LogP contribution in [0.3, 0.4) is 0 Å². The molecule has 0 aromatic carbocycles. The number of hydrogen-bond donors (Lipinski definition) is 0.